The molecule has 0 unspecified atom stereocenters. The van der Waals surface area contributed by atoms with Crippen molar-refractivity contribution in [3.05, 3.63) is 24.3 Å². The Morgan fingerprint density at radius 1 is 1.35 bits per heavy atom. The third-order valence-electron chi connectivity index (χ3n) is 1.31. The molecule has 8 nitrogen and oxygen atoms in total. The van der Waals surface area contributed by atoms with Crippen LogP contribution in [0.2, 0.25) is 0 Å². The van der Waals surface area contributed by atoms with Gasteiger partial charge in [0.1, 0.15) is 5.75 Å². The van der Waals surface area contributed by atoms with Gasteiger partial charge in [0.25, 0.3) is 0 Å². The molecule has 0 aliphatic heterocycles. The molecule has 96 valence electrons. The van der Waals surface area contributed by atoms with E-state index in [0.29, 0.717) is 5.69 Å². The largest absolute Gasteiger partial charge is 0.497 e. The first-order valence-electron chi connectivity index (χ1n) is 4.16. The van der Waals surface area contributed by atoms with E-state index in [2.05, 4.69) is 4.99 Å². The fraction of sp³-hybridized carbons (Fsp3) is 0.125. The van der Waals surface area contributed by atoms with Gasteiger partial charge in [-0.15, -0.1) is 0 Å². The minimum Gasteiger partial charge on any atom is -0.497 e. The van der Waals surface area contributed by atoms with Crippen LogP contribution in [-0.4, -0.2) is 30.6 Å². The summed E-state index contributed by atoms with van der Waals surface area (Å²) < 4.78 is 36.6. The summed E-state index contributed by atoms with van der Waals surface area (Å²) in [6, 6.07) is 7.19. The molecule has 0 amide bonds. The molecule has 6 N–H and O–H groups in total. The maximum Gasteiger partial charge on any atom is 0.394 e. The van der Waals surface area contributed by atoms with Gasteiger partial charge in [-0.05, 0) is 12.1 Å². The highest BCUT2D eigenvalue weighted by atomic mass is 32.3. The highest BCUT2D eigenvalue weighted by molar-refractivity contribution is 7.79. The first kappa shape index (κ1) is 15.2. The molecule has 0 radical (unpaired) electrons. The van der Waals surface area contributed by atoms with Gasteiger partial charge < -0.3 is 16.2 Å². The average Bonchev–Trinajstić information content (AvgIpc) is 2.14. The Morgan fingerprint density at radius 2 is 1.88 bits per heavy atom. The monoisotopic (exact) mass is 263 g/mol. The van der Waals surface area contributed by atoms with Crippen molar-refractivity contribution in [2.24, 2.45) is 16.5 Å². The Labute approximate surface area is 98.5 Å². The zero-order chi connectivity index (χ0) is 13.5. The van der Waals surface area contributed by atoms with E-state index in [1.165, 1.54) is 0 Å². The molecular formula is C8H13N3O5S. The molecule has 17 heavy (non-hydrogen) atoms. The van der Waals surface area contributed by atoms with Crippen LogP contribution in [0.5, 0.6) is 5.75 Å². The standard InChI is InChI=1S/C8H11N3O.H2O4S/c1-12-7-4-2-3-6(5-7)11-8(9)10;1-5(2,3)4/h2-5H,1H3,(H4,9,10,11);(H2,1,2,3,4). The Balaban J connectivity index is 0.000000437. The van der Waals surface area contributed by atoms with E-state index >= 15 is 0 Å². The van der Waals surface area contributed by atoms with Crippen LogP contribution in [0.25, 0.3) is 0 Å². The first-order chi connectivity index (χ1) is 7.72. The van der Waals surface area contributed by atoms with Gasteiger partial charge in [0.15, 0.2) is 5.96 Å². The third kappa shape index (κ3) is 10.4. The summed E-state index contributed by atoms with van der Waals surface area (Å²) in [6.07, 6.45) is 0. The van der Waals surface area contributed by atoms with Crippen LogP contribution in [-0.2, 0) is 10.4 Å². The number of benzene rings is 1. The van der Waals surface area contributed by atoms with Gasteiger partial charge in [0, 0.05) is 6.07 Å². The van der Waals surface area contributed by atoms with E-state index in [0.717, 1.165) is 5.75 Å². The Morgan fingerprint density at radius 3 is 2.29 bits per heavy atom. The molecule has 0 saturated heterocycles. The van der Waals surface area contributed by atoms with E-state index in [1.807, 2.05) is 12.1 Å². The van der Waals surface area contributed by atoms with Crippen LogP contribution >= 0.6 is 0 Å². The highest BCUT2D eigenvalue weighted by Crippen LogP contribution is 2.18. The molecule has 0 aliphatic rings. The van der Waals surface area contributed by atoms with Crippen molar-refractivity contribution >= 4 is 22.0 Å². The number of guanidine groups is 1. The number of aliphatic imine (C=N–C) groups is 1. The predicted octanol–water partition coefficient (Wildman–Crippen LogP) is -0.0527. The zero-order valence-electron chi connectivity index (χ0n) is 8.94. The molecular weight excluding hydrogens is 250 g/mol. The number of ether oxygens (including phenoxy) is 1. The van der Waals surface area contributed by atoms with E-state index < -0.39 is 10.4 Å². The van der Waals surface area contributed by atoms with Crippen molar-refractivity contribution in [3.63, 3.8) is 0 Å². The maximum atomic E-state index is 8.74. The molecule has 1 rings (SSSR count). The molecule has 0 spiro atoms. The molecule has 1 aromatic carbocycles. The molecule has 9 heteroatoms. The number of hydrogen-bond donors (Lipinski definition) is 4. The summed E-state index contributed by atoms with van der Waals surface area (Å²) in [5, 5.41) is 0. The SMILES string of the molecule is COc1cccc(N=C(N)N)c1.O=S(=O)(O)O. The lowest BCUT2D eigenvalue weighted by molar-refractivity contribution is 0.381. The topological polar surface area (TPSA) is 148 Å². The Bertz CT molecular complexity index is 474. The van der Waals surface area contributed by atoms with E-state index in [1.54, 1.807) is 19.2 Å². The van der Waals surface area contributed by atoms with Gasteiger partial charge in [-0.3, -0.25) is 9.11 Å². The Kier molecular flexibility index (Phi) is 5.96. The van der Waals surface area contributed by atoms with Gasteiger partial charge >= 0.3 is 10.4 Å². The summed E-state index contributed by atoms with van der Waals surface area (Å²) >= 11 is 0. The van der Waals surface area contributed by atoms with Crippen molar-refractivity contribution in [1.29, 1.82) is 0 Å². The van der Waals surface area contributed by atoms with Crippen LogP contribution in [0.4, 0.5) is 5.69 Å². The summed E-state index contributed by atoms with van der Waals surface area (Å²) in [7, 11) is -3.07. The van der Waals surface area contributed by atoms with Gasteiger partial charge in [-0.2, -0.15) is 8.42 Å². The smallest absolute Gasteiger partial charge is 0.394 e. The molecule has 0 aliphatic carbocycles. The van der Waals surface area contributed by atoms with E-state index in [4.69, 9.17) is 33.7 Å². The van der Waals surface area contributed by atoms with Crippen molar-refractivity contribution in [1.82, 2.24) is 0 Å². The van der Waals surface area contributed by atoms with Crippen LogP contribution in [0.3, 0.4) is 0 Å². The van der Waals surface area contributed by atoms with Gasteiger partial charge in [-0.25, -0.2) is 4.99 Å². The van der Waals surface area contributed by atoms with Crippen LogP contribution in [0.1, 0.15) is 0 Å². The second kappa shape index (κ2) is 6.68. The molecule has 0 aromatic heterocycles. The summed E-state index contributed by atoms with van der Waals surface area (Å²) in [4.78, 5) is 3.86. The van der Waals surface area contributed by atoms with Gasteiger partial charge in [0.2, 0.25) is 0 Å². The number of nitrogens with two attached hydrogens (primary N) is 2. The first-order valence-corrected chi connectivity index (χ1v) is 5.55. The molecule has 0 heterocycles. The second-order valence-electron chi connectivity index (χ2n) is 2.69. The van der Waals surface area contributed by atoms with E-state index in [-0.39, 0.29) is 5.96 Å². The lowest BCUT2D eigenvalue weighted by Crippen LogP contribution is -2.21. The maximum absolute atomic E-state index is 8.74. The van der Waals surface area contributed by atoms with Crippen molar-refractivity contribution in [2.45, 2.75) is 0 Å². The van der Waals surface area contributed by atoms with Crippen molar-refractivity contribution < 1.29 is 22.3 Å². The normalized spacial score (nSPS) is 9.82. The number of rotatable bonds is 2. The number of hydrogen-bond acceptors (Lipinski definition) is 4. The quantitative estimate of drug-likeness (QED) is 0.332. The molecule has 1 aromatic rings. The zero-order valence-corrected chi connectivity index (χ0v) is 9.76. The van der Waals surface area contributed by atoms with Gasteiger partial charge in [0.05, 0.1) is 12.8 Å². The fourth-order valence-electron chi connectivity index (χ4n) is 0.829. The molecule has 0 atom stereocenters. The molecule has 0 fully saturated rings. The number of methoxy groups -OCH3 is 1. The minimum atomic E-state index is -4.67. The lowest BCUT2D eigenvalue weighted by atomic mass is 10.3. The summed E-state index contributed by atoms with van der Waals surface area (Å²) in [6.45, 7) is 0. The second-order valence-corrected chi connectivity index (χ2v) is 3.58. The van der Waals surface area contributed by atoms with Gasteiger partial charge in [-0.1, -0.05) is 6.07 Å². The van der Waals surface area contributed by atoms with E-state index in [9.17, 15) is 0 Å². The van der Waals surface area contributed by atoms with Crippen LogP contribution < -0.4 is 16.2 Å². The van der Waals surface area contributed by atoms with Crippen molar-refractivity contribution in [3.8, 4) is 5.75 Å². The molecule has 0 bridgehead atoms. The summed E-state index contributed by atoms with van der Waals surface area (Å²) in [5.41, 5.74) is 11.1. The fourth-order valence-corrected chi connectivity index (χ4v) is 0.829. The van der Waals surface area contributed by atoms with Crippen LogP contribution in [0, 0.1) is 0 Å². The third-order valence-corrected chi connectivity index (χ3v) is 1.31. The van der Waals surface area contributed by atoms with Crippen molar-refractivity contribution in [2.75, 3.05) is 7.11 Å². The average molecular weight is 263 g/mol. The predicted molar refractivity (Wildman–Crippen MR) is 62.6 cm³/mol. The number of nitrogens with zero attached hydrogens (tertiary/aromatic N) is 1. The highest BCUT2D eigenvalue weighted by Gasteiger charge is 1.92. The summed E-state index contributed by atoms with van der Waals surface area (Å²) in [5.74, 6) is 0.778. The van der Waals surface area contributed by atoms with Crippen LogP contribution in [0.15, 0.2) is 29.3 Å². The Hall–Kier alpha value is -1.84. The lowest BCUT2D eigenvalue weighted by Gasteiger charge is -1.99. The minimum absolute atomic E-state index is 0.0447. The molecule has 0 saturated carbocycles.